The molecule has 10 heteroatoms. The molecule has 2 heterocycles. The lowest BCUT2D eigenvalue weighted by Gasteiger charge is -2.18. The smallest absolute Gasteiger partial charge is 0.305 e. The minimum absolute atomic E-state index is 0.0683. The molecule has 0 aliphatic carbocycles. The van der Waals surface area contributed by atoms with E-state index in [4.69, 9.17) is 4.98 Å². The van der Waals surface area contributed by atoms with E-state index in [1.807, 2.05) is 54.8 Å². The first-order chi connectivity index (χ1) is 17.7. The number of carboxylic acids is 1. The highest BCUT2D eigenvalue weighted by atomic mass is 16.6. The number of fused-ring (bicyclic) bond motifs is 1. The van der Waals surface area contributed by atoms with Gasteiger partial charge in [0.2, 0.25) is 0 Å². The maximum atomic E-state index is 13.4. The molecular formula is C27H27N5O5. The van der Waals surface area contributed by atoms with Crippen LogP contribution < -0.4 is 10.6 Å². The minimum atomic E-state index is -1.15. The van der Waals surface area contributed by atoms with Gasteiger partial charge in [0.05, 0.1) is 28.6 Å². The Morgan fingerprint density at radius 3 is 2.51 bits per heavy atom. The molecule has 0 bridgehead atoms. The fourth-order valence-electron chi connectivity index (χ4n) is 4.14. The van der Waals surface area contributed by atoms with E-state index >= 15 is 0 Å². The van der Waals surface area contributed by atoms with E-state index in [1.165, 1.54) is 18.2 Å². The number of nitrogens with zero attached hydrogens (tertiary/aromatic N) is 3. The van der Waals surface area contributed by atoms with Crippen molar-refractivity contribution in [2.24, 2.45) is 0 Å². The van der Waals surface area contributed by atoms with Crippen molar-refractivity contribution in [3.8, 4) is 0 Å². The number of carbonyl (C=O) groups is 2. The van der Waals surface area contributed by atoms with Crippen LogP contribution in [-0.4, -0.2) is 31.3 Å². The number of carboxylic acid groups (broad SMARTS) is 1. The summed E-state index contributed by atoms with van der Waals surface area (Å²) >= 11 is 0. The van der Waals surface area contributed by atoms with Crippen molar-refractivity contribution >= 4 is 29.0 Å². The van der Waals surface area contributed by atoms with Gasteiger partial charge in [0.15, 0.2) is 5.65 Å². The molecule has 4 aromatic rings. The van der Waals surface area contributed by atoms with Crippen molar-refractivity contribution in [2.75, 3.05) is 5.32 Å². The predicted molar refractivity (Wildman–Crippen MR) is 139 cm³/mol. The molecule has 0 aliphatic rings. The van der Waals surface area contributed by atoms with Gasteiger partial charge in [-0.1, -0.05) is 56.3 Å². The van der Waals surface area contributed by atoms with Gasteiger partial charge in [-0.05, 0) is 29.2 Å². The Hall–Kier alpha value is -4.73. The van der Waals surface area contributed by atoms with Crippen LogP contribution in [0.1, 0.15) is 59.4 Å². The summed E-state index contributed by atoms with van der Waals surface area (Å²) in [6, 6.07) is 17.9. The highest BCUT2D eigenvalue weighted by molar-refractivity contribution is 6.00. The maximum absolute atomic E-state index is 13.4. The average molecular weight is 502 g/mol. The number of aromatic nitrogens is 2. The fraction of sp³-hybridized carbons (Fsp3) is 0.222. The lowest BCUT2D eigenvalue weighted by molar-refractivity contribution is -0.384. The Morgan fingerprint density at radius 2 is 1.84 bits per heavy atom. The van der Waals surface area contributed by atoms with Crippen LogP contribution in [0.5, 0.6) is 0 Å². The zero-order chi connectivity index (χ0) is 26.5. The van der Waals surface area contributed by atoms with Gasteiger partial charge in [-0.15, -0.1) is 0 Å². The molecule has 0 radical (unpaired) electrons. The van der Waals surface area contributed by atoms with E-state index in [9.17, 15) is 24.8 Å². The number of benzene rings is 2. The molecule has 3 N–H and O–H groups in total. The van der Waals surface area contributed by atoms with Crippen LogP contribution in [0.15, 0.2) is 72.9 Å². The number of nitro groups is 1. The third-order valence-corrected chi connectivity index (χ3v) is 5.94. The Labute approximate surface area is 213 Å². The molecule has 1 atom stereocenters. The molecule has 2 aromatic heterocycles. The van der Waals surface area contributed by atoms with Crippen molar-refractivity contribution < 1.29 is 19.6 Å². The topological polar surface area (TPSA) is 139 Å². The molecule has 0 saturated heterocycles. The van der Waals surface area contributed by atoms with Gasteiger partial charge in [-0.3, -0.25) is 24.1 Å². The highest BCUT2D eigenvalue weighted by Crippen LogP contribution is 2.28. The monoisotopic (exact) mass is 501 g/mol. The predicted octanol–water partition coefficient (Wildman–Crippen LogP) is 4.92. The highest BCUT2D eigenvalue weighted by Gasteiger charge is 2.24. The van der Waals surface area contributed by atoms with Crippen LogP contribution in [0.2, 0.25) is 0 Å². The van der Waals surface area contributed by atoms with E-state index in [2.05, 4.69) is 10.6 Å². The van der Waals surface area contributed by atoms with E-state index in [0.29, 0.717) is 17.8 Å². The van der Waals surface area contributed by atoms with Crippen LogP contribution in [0, 0.1) is 10.1 Å². The van der Waals surface area contributed by atoms with Crippen molar-refractivity contribution in [2.45, 2.75) is 38.8 Å². The number of rotatable bonds is 10. The summed E-state index contributed by atoms with van der Waals surface area (Å²) in [4.78, 5) is 40.3. The van der Waals surface area contributed by atoms with Crippen LogP contribution in [0.25, 0.3) is 5.65 Å². The van der Waals surface area contributed by atoms with Crippen LogP contribution in [0.3, 0.4) is 0 Å². The molecule has 190 valence electrons. The van der Waals surface area contributed by atoms with Crippen molar-refractivity contribution in [3.05, 3.63) is 105 Å². The fourth-order valence-corrected chi connectivity index (χ4v) is 4.14. The van der Waals surface area contributed by atoms with E-state index in [0.717, 1.165) is 17.1 Å². The first kappa shape index (κ1) is 25.4. The second-order valence-corrected chi connectivity index (χ2v) is 8.93. The van der Waals surface area contributed by atoms with Crippen LogP contribution in [-0.2, 0) is 11.3 Å². The van der Waals surface area contributed by atoms with E-state index in [-0.39, 0.29) is 17.2 Å². The second-order valence-electron chi connectivity index (χ2n) is 8.93. The van der Waals surface area contributed by atoms with E-state index < -0.39 is 29.3 Å². The van der Waals surface area contributed by atoms with Crippen molar-refractivity contribution in [1.82, 2.24) is 14.7 Å². The number of aliphatic carboxylic acids is 1. The quantitative estimate of drug-likeness (QED) is 0.207. The number of non-ortho nitro benzene ring substituents is 1. The number of amides is 1. The zero-order valence-electron chi connectivity index (χ0n) is 20.4. The van der Waals surface area contributed by atoms with Crippen molar-refractivity contribution in [3.63, 3.8) is 0 Å². The third-order valence-electron chi connectivity index (χ3n) is 5.94. The summed E-state index contributed by atoms with van der Waals surface area (Å²) in [5.41, 5.74) is 2.71. The zero-order valence-corrected chi connectivity index (χ0v) is 20.4. The summed E-state index contributed by atoms with van der Waals surface area (Å²) in [5.74, 6) is -0.841. The molecule has 10 nitrogen and oxygen atoms in total. The molecule has 1 amide bonds. The Morgan fingerprint density at radius 1 is 1.08 bits per heavy atom. The Bertz CT molecular complexity index is 1450. The number of pyridine rings is 1. The van der Waals surface area contributed by atoms with Crippen molar-refractivity contribution in [1.29, 1.82) is 0 Å². The molecule has 1 unspecified atom stereocenters. The van der Waals surface area contributed by atoms with Gasteiger partial charge in [-0.25, -0.2) is 4.98 Å². The van der Waals surface area contributed by atoms with Crippen LogP contribution >= 0.6 is 0 Å². The second kappa shape index (κ2) is 10.9. The number of anilines is 1. The van der Waals surface area contributed by atoms with E-state index in [1.54, 1.807) is 18.2 Å². The summed E-state index contributed by atoms with van der Waals surface area (Å²) < 4.78 is 1.81. The summed E-state index contributed by atoms with van der Waals surface area (Å²) in [6.07, 6.45) is 1.37. The van der Waals surface area contributed by atoms with Gasteiger partial charge in [-0.2, -0.15) is 0 Å². The molecule has 4 rings (SSSR count). The number of hydrogen-bond donors (Lipinski definition) is 3. The molecule has 0 saturated carbocycles. The molecule has 37 heavy (non-hydrogen) atoms. The molecule has 0 aliphatic heterocycles. The van der Waals surface area contributed by atoms with Gasteiger partial charge < -0.3 is 15.7 Å². The number of nitro benzene ring substituents is 1. The number of hydrogen-bond acceptors (Lipinski definition) is 6. The molecule has 0 fully saturated rings. The van der Waals surface area contributed by atoms with Gasteiger partial charge in [0.1, 0.15) is 5.82 Å². The minimum Gasteiger partial charge on any atom is -0.481 e. The average Bonchev–Trinajstić information content (AvgIpc) is 3.26. The summed E-state index contributed by atoms with van der Waals surface area (Å²) in [6.45, 7) is 4.60. The third kappa shape index (κ3) is 5.75. The summed E-state index contributed by atoms with van der Waals surface area (Å²) in [7, 11) is 0. The Kier molecular flexibility index (Phi) is 7.47. The van der Waals surface area contributed by atoms with Gasteiger partial charge in [0, 0.05) is 24.9 Å². The van der Waals surface area contributed by atoms with Gasteiger partial charge >= 0.3 is 5.97 Å². The number of imidazole rings is 1. The molecular weight excluding hydrogens is 474 g/mol. The standard InChI is InChI=1S/C27H27N5O5/c1-17(2)24-26(28-16-18-8-4-3-5-9-18)31-13-7-12-21(25(31)30-24)27(35)29-22(15-23(33)34)19-10-6-11-20(14-19)32(36)37/h3-14,17,22,28H,15-16H2,1-2H3,(H,29,35)(H,33,34). The lowest BCUT2D eigenvalue weighted by Crippen LogP contribution is -2.30. The number of nitrogens with one attached hydrogen (secondary N) is 2. The van der Waals surface area contributed by atoms with Crippen LogP contribution in [0.4, 0.5) is 11.5 Å². The number of carbonyl (C=O) groups excluding carboxylic acids is 1. The Balaban J connectivity index is 1.68. The SMILES string of the molecule is CC(C)c1nc2c(C(=O)NC(CC(=O)O)c3cccc([N+](=O)[O-])c3)cccn2c1NCc1ccccc1. The van der Waals surface area contributed by atoms with Gasteiger partial charge in [0.25, 0.3) is 11.6 Å². The normalized spacial score (nSPS) is 11.9. The first-order valence-corrected chi connectivity index (χ1v) is 11.8. The lowest BCUT2D eigenvalue weighted by atomic mass is 10.0. The summed E-state index contributed by atoms with van der Waals surface area (Å²) in [5, 5.41) is 26.8. The maximum Gasteiger partial charge on any atom is 0.305 e. The molecule has 0 spiro atoms. The first-order valence-electron chi connectivity index (χ1n) is 11.8. The molecule has 2 aromatic carbocycles. The largest absolute Gasteiger partial charge is 0.481 e.